The molecular weight excluding hydrogens is 719 g/mol. The number of ether oxygens (including phenoxy) is 2. The molecule has 3 atom stereocenters. The Hall–Kier alpha value is -2.33. The van der Waals surface area contributed by atoms with E-state index in [9.17, 15) is 24.2 Å². The molecule has 0 saturated carbocycles. The molecule has 10 nitrogen and oxygen atoms in total. The van der Waals surface area contributed by atoms with Crippen LogP contribution in [0.3, 0.4) is 0 Å². The Morgan fingerprint density at radius 1 is 0.600 bits per heavy atom. The number of allylic oxidation sites excluding steroid dienone is 9. The third-order valence-electron chi connectivity index (χ3n) is 8.79. The molecule has 0 radical (unpaired) electrons. The third-order valence-corrected chi connectivity index (χ3v) is 9.74. The van der Waals surface area contributed by atoms with Crippen molar-refractivity contribution in [3.63, 3.8) is 0 Å². The molecular formula is C44H77O10P. The lowest BCUT2D eigenvalue weighted by molar-refractivity contribution is -0.161. The molecule has 11 heteroatoms. The lowest BCUT2D eigenvalue weighted by Gasteiger charge is -2.20. The summed E-state index contributed by atoms with van der Waals surface area (Å²) >= 11 is 0. The molecule has 0 aromatic heterocycles. The first-order valence-corrected chi connectivity index (χ1v) is 22.7. The van der Waals surface area contributed by atoms with Crippen molar-refractivity contribution in [2.45, 2.75) is 180 Å². The molecule has 0 saturated heterocycles. The van der Waals surface area contributed by atoms with Gasteiger partial charge in [-0.2, -0.15) is 0 Å². The summed E-state index contributed by atoms with van der Waals surface area (Å²) in [5.41, 5.74) is 0. The SMILES string of the molecule is C=CCCCCCCCCCCCCCCCC(=O)O[C@H](COC(=O)CCC/C=C/C/C=C/C/C=C/C/C=C/CCCCC)COP(=O)(O)OC[C@@H](O)CO. The predicted molar refractivity (Wildman–Crippen MR) is 224 cm³/mol. The smallest absolute Gasteiger partial charge is 0.462 e. The number of phosphoric ester groups is 1. The van der Waals surface area contributed by atoms with Gasteiger partial charge < -0.3 is 24.6 Å². The maximum absolute atomic E-state index is 12.6. The number of aliphatic hydroxyl groups is 2. The van der Waals surface area contributed by atoms with Gasteiger partial charge in [0, 0.05) is 12.8 Å². The minimum absolute atomic E-state index is 0.163. The maximum atomic E-state index is 12.6. The van der Waals surface area contributed by atoms with E-state index in [0.717, 1.165) is 51.4 Å². The van der Waals surface area contributed by atoms with Crippen LogP contribution in [0.1, 0.15) is 167 Å². The first kappa shape index (κ1) is 52.7. The number of esters is 2. The van der Waals surface area contributed by atoms with E-state index >= 15 is 0 Å². The minimum atomic E-state index is -4.63. The summed E-state index contributed by atoms with van der Waals surface area (Å²) in [7, 11) is -4.63. The number of hydrogen-bond acceptors (Lipinski definition) is 9. The highest BCUT2D eigenvalue weighted by molar-refractivity contribution is 7.47. The van der Waals surface area contributed by atoms with Crippen molar-refractivity contribution in [3.05, 3.63) is 61.3 Å². The van der Waals surface area contributed by atoms with Gasteiger partial charge in [-0.3, -0.25) is 18.6 Å². The van der Waals surface area contributed by atoms with Crippen molar-refractivity contribution in [3.8, 4) is 0 Å². The zero-order chi connectivity index (χ0) is 40.5. The molecule has 0 bridgehead atoms. The molecule has 0 heterocycles. The van der Waals surface area contributed by atoms with E-state index < -0.39 is 51.8 Å². The fraction of sp³-hybridized carbons (Fsp3) is 0.727. The number of hydrogen-bond donors (Lipinski definition) is 3. The van der Waals surface area contributed by atoms with Gasteiger partial charge in [0.2, 0.25) is 0 Å². The normalized spacial score (nSPS) is 14.3. The number of unbranched alkanes of at least 4 members (excludes halogenated alkanes) is 17. The van der Waals surface area contributed by atoms with E-state index in [4.69, 9.17) is 19.1 Å². The predicted octanol–water partition coefficient (Wildman–Crippen LogP) is 11.1. The molecule has 0 aromatic rings. The van der Waals surface area contributed by atoms with Crippen LogP contribution in [0.5, 0.6) is 0 Å². The number of aliphatic hydroxyl groups excluding tert-OH is 2. The van der Waals surface area contributed by atoms with Gasteiger partial charge >= 0.3 is 19.8 Å². The third kappa shape index (κ3) is 39.7. The van der Waals surface area contributed by atoms with E-state index in [2.05, 4.69) is 60.6 Å². The van der Waals surface area contributed by atoms with Gasteiger partial charge in [-0.25, -0.2) is 4.57 Å². The van der Waals surface area contributed by atoms with Gasteiger partial charge in [-0.05, 0) is 64.2 Å². The van der Waals surface area contributed by atoms with Crippen molar-refractivity contribution < 1.29 is 47.8 Å². The second-order valence-corrected chi connectivity index (χ2v) is 15.5. The average molecular weight is 797 g/mol. The molecule has 0 amide bonds. The Bertz CT molecular complexity index is 1090. The zero-order valence-electron chi connectivity index (χ0n) is 34.2. The second-order valence-electron chi connectivity index (χ2n) is 14.1. The molecule has 55 heavy (non-hydrogen) atoms. The van der Waals surface area contributed by atoms with Crippen LogP contribution in [-0.2, 0) is 32.7 Å². The lowest BCUT2D eigenvalue weighted by Crippen LogP contribution is -2.29. The number of phosphoric acid groups is 1. The van der Waals surface area contributed by atoms with Gasteiger partial charge in [0.15, 0.2) is 6.10 Å². The van der Waals surface area contributed by atoms with Crippen LogP contribution in [0, 0.1) is 0 Å². The van der Waals surface area contributed by atoms with Gasteiger partial charge in [0.1, 0.15) is 12.7 Å². The number of carbonyl (C=O) groups excluding carboxylic acids is 2. The van der Waals surface area contributed by atoms with E-state index in [1.54, 1.807) is 0 Å². The van der Waals surface area contributed by atoms with Crippen LogP contribution in [0.25, 0.3) is 0 Å². The quantitative estimate of drug-likeness (QED) is 0.0237. The van der Waals surface area contributed by atoms with Crippen molar-refractivity contribution in [2.24, 2.45) is 0 Å². The van der Waals surface area contributed by atoms with E-state index in [0.29, 0.717) is 19.3 Å². The highest BCUT2D eigenvalue weighted by atomic mass is 31.2. The molecule has 0 aliphatic heterocycles. The number of carbonyl (C=O) groups is 2. The fourth-order valence-corrected chi connectivity index (χ4v) is 6.28. The molecule has 1 unspecified atom stereocenters. The molecule has 0 aliphatic carbocycles. The van der Waals surface area contributed by atoms with Gasteiger partial charge in [-0.1, -0.05) is 145 Å². The molecule has 3 N–H and O–H groups in total. The first-order chi connectivity index (χ1) is 26.7. The largest absolute Gasteiger partial charge is 0.472 e. The summed E-state index contributed by atoms with van der Waals surface area (Å²) in [5, 5.41) is 18.3. The summed E-state index contributed by atoms with van der Waals surface area (Å²) in [6.07, 6.45) is 42.3. The Morgan fingerprint density at radius 2 is 1.05 bits per heavy atom. The minimum Gasteiger partial charge on any atom is -0.462 e. The van der Waals surface area contributed by atoms with Gasteiger partial charge in [-0.15, -0.1) is 6.58 Å². The summed E-state index contributed by atoms with van der Waals surface area (Å²) in [5.74, 6) is -0.996. The van der Waals surface area contributed by atoms with Crippen molar-refractivity contribution >= 4 is 19.8 Å². The van der Waals surface area contributed by atoms with Crippen LogP contribution in [-0.4, -0.2) is 65.7 Å². The Balaban J connectivity index is 4.39. The Morgan fingerprint density at radius 3 is 1.58 bits per heavy atom. The molecule has 0 fully saturated rings. The Kier molecular flexibility index (Phi) is 38.2. The first-order valence-electron chi connectivity index (χ1n) is 21.2. The Labute approximate surface area is 334 Å². The van der Waals surface area contributed by atoms with Crippen LogP contribution in [0.2, 0.25) is 0 Å². The van der Waals surface area contributed by atoms with Crippen LogP contribution >= 0.6 is 7.82 Å². The zero-order valence-corrected chi connectivity index (χ0v) is 35.1. The standard InChI is InChI=1S/C44H77O10P/c1-3-5-7-9-11-13-15-17-19-20-22-23-25-27-29-31-33-35-43(47)51-39-42(40-53-55(49,50)52-38-41(46)37-45)54-44(48)36-34-32-30-28-26-24-21-18-16-14-12-10-8-6-4-2/h4,11,13,17,19,22-23,27,29,41-42,45-46H,2-3,5-10,12,14-16,18,20-21,24-26,28,30-40H2,1H3,(H,49,50)/b13-11+,19-17+,23-22+,29-27+/t41-,42+/m0/s1. The topological polar surface area (TPSA) is 149 Å². The second kappa shape index (κ2) is 39.9. The summed E-state index contributed by atoms with van der Waals surface area (Å²) < 4.78 is 32.6. The lowest BCUT2D eigenvalue weighted by atomic mass is 10.0. The number of rotatable bonds is 40. The van der Waals surface area contributed by atoms with E-state index in [1.807, 2.05) is 12.2 Å². The molecule has 0 rings (SSSR count). The average Bonchev–Trinajstić information content (AvgIpc) is 3.17. The monoisotopic (exact) mass is 797 g/mol. The van der Waals surface area contributed by atoms with Crippen LogP contribution < -0.4 is 0 Å². The van der Waals surface area contributed by atoms with Gasteiger partial charge in [0.25, 0.3) is 0 Å². The molecule has 0 spiro atoms. The highest BCUT2D eigenvalue weighted by Crippen LogP contribution is 2.43. The van der Waals surface area contributed by atoms with Crippen LogP contribution in [0.4, 0.5) is 0 Å². The maximum Gasteiger partial charge on any atom is 0.472 e. The summed E-state index contributed by atoms with van der Waals surface area (Å²) in [6, 6.07) is 0. The van der Waals surface area contributed by atoms with E-state index in [-0.39, 0.29) is 19.4 Å². The molecule has 318 valence electrons. The molecule has 0 aliphatic rings. The molecule has 0 aromatic carbocycles. The summed E-state index contributed by atoms with van der Waals surface area (Å²) in [4.78, 5) is 34.9. The van der Waals surface area contributed by atoms with Crippen molar-refractivity contribution in [1.82, 2.24) is 0 Å². The fourth-order valence-electron chi connectivity index (χ4n) is 5.49. The van der Waals surface area contributed by atoms with E-state index in [1.165, 1.54) is 77.0 Å². The van der Waals surface area contributed by atoms with Crippen LogP contribution in [0.15, 0.2) is 61.3 Å². The summed E-state index contributed by atoms with van der Waals surface area (Å²) in [6.45, 7) is 3.80. The highest BCUT2D eigenvalue weighted by Gasteiger charge is 2.27. The van der Waals surface area contributed by atoms with Gasteiger partial charge in [0.05, 0.1) is 19.8 Å². The van der Waals surface area contributed by atoms with Crippen molar-refractivity contribution in [2.75, 3.05) is 26.4 Å². The van der Waals surface area contributed by atoms with Crippen molar-refractivity contribution in [1.29, 1.82) is 0 Å².